The molecule has 0 amide bonds. The van der Waals surface area contributed by atoms with Gasteiger partial charge < -0.3 is 0 Å². The molecule has 1 aliphatic heterocycles. The van der Waals surface area contributed by atoms with Gasteiger partial charge in [0, 0.05) is 0 Å². The first kappa shape index (κ1) is 20.8. The Kier molecular flexibility index (Phi) is 7.04. The standard InChI is InChI=1S/C20H25N3O4Se/c1-3-4-10-21-16-15(12-24)27-19(17(16)28-14-8-6-5-7-9-14)23-11-13(2)18(25)22-20(23)26/h3-9,11,15-17,19,21,24H,10,12H2,1-2H3,(H,22,25,26)/b4-3+/t15-,16-,17-,19-/m1/s1. The van der Waals surface area contributed by atoms with Gasteiger partial charge in [0.05, 0.1) is 0 Å². The average Bonchev–Trinajstić information content (AvgIpc) is 3.03. The summed E-state index contributed by atoms with van der Waals surface area (Å²) in [6.07, 6.45) is 4.50. The molecule has 28 heavy (non-hydrogen) atoms. The third-order valence-electron chi connectivity index (χ3n) is 4.67. The molecule has 3 N–H and O–H groups in total. The summed E-state index contributed by atoms with van der Waals surface area (Å²) in [5.74, 6) is 0. The van der Waals surface area contributed by atoms with Crippen LogP contribution in [0.3, 0.4) is 0 Å². The SMILES string of the molecule is C/C=C/CN[C@H]1[C@@H]([Se]c2ccccc2)[C@H](n2cc(C)c(=O)[nH]c2=O)O[C@@H]1CO. The summed E-state index contributed by atoms with van der Waals surface area (Å²) in [6.45, 7) is 4.11. The van der Waals surface area contributed by atoms with Crippen molar-refractivity contribution in [2.24, 2.45) is 0 Å². The van der Waals surface area contributed by atoms with E-state index in [1.807, 2.05) is 37.3 Å². The summed E-state index contributed by atoms with van der Waals surface area (Å²) in [4.78, 5) is 26.6. The second-order valence-electron chi connectivity index (χ2n) is 6.62. The fraction of sp³-hybridized carbons (Fsp3) is 0.400. The normalized spacial score (nSPS) is 24.8. The van der Waals surface area contributed by atoms with Crippen molar-refractivity contribution in [2.75, 3.05) is 13.2 Å². The molecule has 150 valence electrons. The Morgan fingerprint density at radius 3 is 2.75 bits per heavy atom. The fourth-order valence-electron chi connectivity index (χ4n) is 3.24. The van der Waals surface area contributed by atoms with E-state index in [9.17, 15) is 14.7 Å². The van der Waals surface area contributed by atoms with Gasteiger partial charge in [0.15, 0.2) is 0 Å². The Labute approximate surface area is 169 Å². The molecule has 0 aliphatic carbocycles. The van der Waals surface area contributed by atoms with Crippen LogP contribution in [0.4, 0.5) is 0 Å². The van der Waals surface area contributed by atoms with E-state index in [-0.39, 0.29) is 32.4 Å². The van der Waals surface area contributed by atoms with Gasteiger partial charge in [-0.15, -0.1) is 0 Å². The molecule has 1 fully saturated rings. The van der Waals surface area contributed by atoms with Gasteiger partial charge >= 0.3 is 169 Å². The summed E-state index contributed by atoms with van der Waals surface area (Å²) in [5.41, 5.74) is -0.453. The zero-order valence-electron chi connectivity index (χ0n) is 15.9. The molecular formula is C20H25N3O4Se. The Hall–Kier alpha value is -1.96. The van der Waals surface area contributed by atoms with E-state index >= 15 is 0 Å². The number of allylic oxidation sites excluding steroid dienone is 1. The number of ether oxygens (including phenoxy) is 1. The number of H-pyrrole nitrogens is 1. The molecule has 0 unspecified atom stereocenters. The minimum atomic E-state index is -0.566. The van der Waals surface area contributed by atoms with Gasteiger partial charge in [-0.05, 0) is 0 Å². The van der Waals surface area contributed by atoms with Crippen molar-refractivity contribution in [2.45, 2.75) is 37.0 Å². The first-order chi connectivity index (χ1) is 13.5. The molecule has 0 bridgehead atoms. The zero-order valence-corrected chi connectivity index (χ0v) is 17.6. The number of benzene rings is 1. The number of aliphatic hydroxyl groups excluding tert-OH is 1. The van der Waals surface area contributed by atoms with Crippen molar-refractivity contribution in [1.82, 2.24) is 14.9 Å². The number of hydrogen-bond donors (Lipinski definition) is 3. The predicted molar refractivity (Wildman–Crippen MR) is 109 cm³/mol. The van der Waals surface area contributed by atoms with Gasteiger partial charge in [0.2, 0.25) is 0 Å². The second kappa shape index (κ2) is 9.49. The van der Waals surface area contributed by atoms with Gasteiger partial charge in [0.25, 0.3) is 0 Å². The molecule has 1 aromatic carbocycles. The second-order valence-corrected chi connectivity index (χ2v) is 9.25. The maximum atomic E-state index is 12.5. The van der Waals surface area contributed by atoms with Crippen LogP contribution in [0.15, 0.2) is 58.3 Å². The molecule has 1 saturated heterocycles. The Morgan fingerprint density at radius 1 is 1.32 bits per heavy atom. The maximum absolute atomic E-state index is 12.5. The fourth-order valence-corrected chi connectivity index (χ4v) is 6.09. The van der Waals surface area contributed by atoms with Crippen LogP contribution in [-0.2, 0) is 4.74 Å². The van der Waals surface area contributed by atoms with Crippen LogP contribution in [0.2, 0.25) is 4.82 Å². The number of aromatic amines is 1. The summed E-state index contributed by atoms with van der Waals surface area (Å²) in [7, 11) is 0. The third kappa shape index (κ3) is 4.54. The van der Waals surface area contributed by atoms with E-state index < -0.39 is 23.6 Å². The Balaban J connectivity index is 1.99. The molecule has 0 saturated carbocycles. The number of nitrogens with one attached hydrogen (secondary N) is 2. The summed E-state index contributed by atoms with van der Waals surface area (Å²) in [5, 5.41) is 13.3. The van der Waals surface area contributed by atoms with E-state index in [1.165, 1.54) is 9.03 Å². The minimum absolute atomic E-state index is 0.0209. The van der Waals surface area contributed by atoms with Crippen LogP contribution in [0.25, 0.3) is 0 Å². The van der Waals surface area contributed by atoms with Gasteiger partial charge in [-0.2, -0.15) is 0 Å². The van der Waals surface area contributed by atoms with Crippen molar-refractivity contribution in [1.29, 1.82) is 0 Å². The topological polar surface area (TPSA) is 96.4 Å². The van der Waals surface area contributed by atoms with Crippen molar-refractivity contribution in [3.05, 3.63) is 75.1 Å². The molecule has 2 aromatic rings. The molecule has 7 nitrogen and oxygen atoms in total. The Morgan fingerprint density at radius 2 is 2.07 bits per heavy atom. The van der Waals surface area contributed by atoms with Crippen molar-refractivity contribution >= 4 is 19.4 Å². The van der Waals surface area contributed by atoms with Crippen LogP contribution >= 0.6 is 0 Å². The van der Waals surface area contributed by atoms with E-state index in [4.69, 9.17) is 4.74 Å². The monoisotopic (exact) mass is 451 g/mol. The summed E-state index contributed by atoms with van der Waals surface area (Å²) in [6, 6.07) is 9.95. The van der Waals surface area contributed by atoms with Crippen LogP contribution < -0.4 is 21.0 Å². The molecule has 4 atom stereocenters. The van der Waals surface area contributed by atoms with Gasteiger partial charge in [-0.3, -0.25) is 0 Å². The molecule has 3 rings (SSSR count). The molecule has 0 spiro atoms. The van der Waals surface area contributed by atoms with Crippen LogP contribution in [0, 0.1) is 6.92 Å². The van der Waals surface area contributed by atoms with Gasteiger partial charge in [-0.25, -0.2) is 0 Å². The summed E-state index contributed by atoms with van der Waals surface area (Å²) < 4.78 is 8.75. The van der Waals surface area contributed by atoms with Crippen LogP contribution in [0.5, 0.6) is 0 Å². The number of rotatable bonds is 7. The van der Waals surface area contributed by atoms with E-state index in [0.717, 1.165) is 0 Å². The van der Waals surface area contributed by atoms with Crippen LogP contribution in [-0.4, -0.2) is 54.9 Å². The van der Waals surface area contributed by atoms with Gasteiger partial charge in [0.1, 0.15) is 0 Å². The molecule has 1 aromatic heterocycles. The van der Waals surface area contributed by atoms with Crippen molar-refractivity contribution in [3.8, 4) is 0 Å². The third-order valence-corrected chi connectivity index (χ3v) is 7.49. The number of aryl methyl sites for hydroxylation is 1. The first-order valence-electron chi connectivity index (χ1n) is 9.19. The van der Waals surface area contributed by atoms with Crippen molar-refractivity contribution in [3.63, 3.8) is 0 Å². The molecule has 2 heterocycles. The quantitative estimate of drug-likeness (QED) is 0.411. The Bertz CT molecular complexity index is 925. The van der Waals surface area contributed by atoms with E-state index in [2.05, 4.69) is 22.4 Å². The molecule has 1 aliphatic rings. The number of nitrogens with zero attached hydrogens (tertiary/aromatic N) is 1. The number of aliphatic hydroxyl groups is 1. The van der Waals surface area contributed by atoms with E-state index in [0.29, 0.717) is 12.1 Å². The number of hydrogen-bond acceptors (Lipinski definition) is 5. The summed E-state index contributed by atoms with van der Waals surface area (Å²) >= 11 is -0.0209. The molecular weight excluding hydrogens is 425 g/mol. The van der Waals surface area contributed by atoms with E-state index in [1.54, 1.807) is 13.1 Å². The molecule has 8 heteroatoms. The average molecular weight is 450 g/mol. The van der Waals surface area contributed by atoms with Crippen LogP contribution in [0.1, 0.15) is 18.7 Å². The number of aromatic nitrogens is 2. The van der Waals surface area contributed by atoms with Crippen molar-refractivity contribution < 1.29 is 9.84 Å². The first-order valence-corrected chi connectivity index (χ1v) is 11.0. The molecule has 0 radical (unpaired) electrons. The predicted octanol–water partition coefficient (Wildman–Crippen LogP) is 0.0872. The zero-order chi connectivity index (χ0) is 20.1. The van der Waals surface area contributed by atoms with Gasteiger partial charge in [-0.1, -0.05) is 0 Å².